The summed E-state index contributed by atoms with van der Waals surface area (Å²) in [6.45, 7) is 4.30. The Labute approximate surface area is 101 Å². The number of carbonyl (C=O) groups excluding carboxylic acids is 1. The lowest BCUT2D eigenvalue weighted by Gasteiger charge is -2.36. The molecule has 1 aromatic carbocycles. The molecule has 1 unspecified atom stereocenters. The lowest BCUT2D eigenvalue weighted by molar-refractivity contribution is -0.127. The summed E-state index contributed by atoms with van der Waals surface area (Å²) >= 11 is 0. The van der Waals surface area contributed by atoms with E-state index >= 15 is 0 Å². The van der Waals surface area contributed by atoms with Crippen LogP contribution < -0.4 is 5.73 Å². The number of amides is 1. The van der Waals surface area contributed by atoms with Gasteiger partial charge in [-0.05, 0) is 18.9 Å². The number of hydrogen-bond donors (Lipinski definition) is 2. The Balaban J connectivity index is 2.40. The van der Waals surface area contributed by atoms with Gasteiger partial charge in [0.25, 0.3) is 0 Å². The Hall–Kier alpha value is -1.84. The van der Waals surface area contributed by atoms with Crippen LogP contribution in [0.3, 0.4) is 0 Å². The molecule has 0 fully saturated rings. The summed E-state index contributed by atoms with van der Waals surface area (Å²) in [7, 11) is 0. The van der Waals surface area contributed by atoms with Gasteiger partial charge < -0.3 is 10.6 Å². The normalized spacial score (nSPS) is 17.8. The van der Waals surface area contributed by atoms with Gasteiger partial charge in [-0.15, -0.1) is 0 Å². The fourth-order valence-electron chi connectivity index (χ4n) is 2.20. The predicted octanol–water partition coefficient (Wildman–Crippen LogP) is 1.48. The van der Waals surface area contributed by atoms with Gasteiger partial charge in [-0.2, -0.15) is 0 Å². The van der Waals surface area contributed by atoms with Crippen molar-refractivity contribution >= 4 is 11.7 Å². The van der Waals surface area contributed by atoms with Gasteiger partial charge in [-0.1, -0.05) is 31.2 Å². The van der Waals surface area contributed by atoms with Crippen molar-refractivity contribution in [3.63, 3.8) is 0 Å². The van der Waals surface area contributed by atoms with Crippen LogP contribution in [0.25, 0.3) is 0 Å². The second-order valence-electron chi connectivity index (χ2n) is 4.58. The van der Waals surface area contributed by atoms with E-state index in [2.05, 4.69) is 0 Å². The third kappa shape index (κ3) is 1.60. The van der Waals surface area contributed by atoms with E-state index in [1.54, 1.807) is 11.8 Å². The van der Waals surface area contributed by atoms with Crippen molar-refractivity contribution in [2.75, 3.05) is 0 Å². The van der Waals surface area contributed by atoms with Gasteiger partial charge >= 0.3 is 0 Å². The molecule has 0 saturated carbocycles. The minimum absolute atomic E-state index is 0.377. The van der Waals surface area contributed by atoms with Crippen LogP contribution in [-0.4, -0.2) is 22.2 Å². The molecule has 4 nitrogen and oxygen atoms in total. The molecule has 1 atom stereocenters. The average Bonchev–Trinajstić information content (AvgIpc) is 2.67. The number of amidine groups is 1. The van der Waals surface area contributed by atoms with Crippen LogP contribution in [0.5, 0.6) is 0 Å². The zero-order valence-electron chi connectivity index (χ0n) is 10.2. The molecule has 1 aliphatic rings. The predicted molar refractivity (Wildman–Crippen MR) is 66.7 cm³/mol. The van der Waals surface area contributed by atoms with E-state index in [0.717, 1.165) is 11.1 Å². The number of nitrogens with two attached hydrogens (primary N) is 1. The molecular weight excluding hydrogens is 214 g/mol. The number of nitrogens with zero attached hydrogens (tertiary/aromatic N) is 1. The van der Waals surface area contributed by atoms with Gasteiger partial charge in [0.05, 0.1) is 0 Å². The number of rotatable bonds is 3. The highest BCUT2D eigenvalue weighted by atomic mass is 16.1. The van der Waals surface area contributed by atoms with Gasteiger partial charge in [-0.25, -0.2) is 0 Å². The summed E-state index contributed by atoms with van der Waals surface area (Å²) in [5.41, 5.74) is 6.68. The number of hydrogen-bond acceptors (Lipinski definition) is 2. The van der Waals surface area contributed by atoms with E-state index in [4.69, 9.17) is 11.1 Å². The second-order valence-corrected chi connectivity index (χ2v) is 4.58. The highest BCUT2D eigenvalue weighted by Crippen LogP contribution is 2.30. The summed E-state index contributed by atoms with van der Waals surface area (Å²) in [4.78, 5) is 13.4. The topological polar surface area (TPSA) is 70.2 Å². The highest BCUT2D eigenvalue weighted by Gasteiger charge is 2.41. The first-order valence-electron chi connectivity index (χ1n) is 5.75. The summed E-state index contributed by atoms with van der Waals surface area (Å²) in [6.07, 6.45) is 0.596. The number of fused-ring (bicyclic) bond motifs is 1. The molecular formula is C13H17N3O. The van der Waals surface area contributed by atoms with E-state index in [0.29, 0.717) is 18.8 Å². The van der Waals surface area contributed by atoms with E-state index in [9.17, 15) is 4.79 Å². The number of carbonyl (C=O) groups is 1. The molecule has 0 saturated heterocycles. The molecule has 1 aromatic rings. The molecule has 0 spiro atoms. The lowest BCUT2D eigenvalue weighted by atomic mass is 9.95. The molecule has 3 N–H and O–H groups in total. The molecule has 1 aliphatic heterocycles. The smallest absolute Gasteiger partial charge is 0.243 e. The van der Waals surface area contributed by atoms with E-state index in [1.165, 1.54) is 0 Å². The third-order valence-electron chi connectivity index (χ3n) is 3.69. The fraction of sp³-hybridized carbons (Fsp3) is 0.385. The maximum absolute atomic E-state index is 11.6. The SMILES string of the molecule is CCC(C)(C(N)=O)N1Cc2ccccc2C1=N. The summed E-state index contributed by atoms with van der Waals surface area (Å²) in [5.74, 6) is 0.0151. The van der Waals surface area contributed by atoms with Crippen molar-refractivity contribution < 1.29 is 4.79 Å². The van der Waals surface area contributed by atoms with Crippen LogP contribution in [0.2, 0.25) is 0 Å². The number of benzene rings is 1. The number of primary amides is 1. The Morgan fingerprint density at radius 1 is 1.53 bits per heavy atom. The molecule has 1 heterocycles. The molecule has 0 radical (unpaired) electrons. The Morgan fingerprint density at radius 2 is 2.18 bits per heavy atom. The standard InChI is InChI=1S/C13H17N3O/c1-3-13(2,12(15)17)16-8-9-6-4-5-7-10(9)11(16)14/h4-7,14H,3,8H2,1-2H3,(H2,15,17). The zero-order chi connectivity index (χ0) is 12.6. The monoisotopic (exact) mass is 231 g/mol. The molecule has 0 aromatic heterocycles. The molecule has 0 bridgehead atoms. The summed E-state index contributed by atoms with van der Waals surface area (Å²) < 4.78 is 0. The summed E-state index contributed by atoms with van der Waals surface area (Å²) in [6, 6.07) is 7.75. The van der Waals surface area contributed by atoms with Crippen molar-refractivity contribution in [2.45, 2.75) is 32.4 Å². The maximum Gasteiger partial charge on any atom is 0.243 e. The molecule has 0 aliphatic carbocycles. The first-order chi connectivity index (χ1) is 8.00. The van der Waals surface area contributed by atoms with Crippen molar-refractivity contribution in [2.24, 2.45) is 5.73 Å². The Kier molecular flexibility index (Phi) is 2.65. The Morgan fingerprint density at radius 3 is 2.71 bits per heavy atom. The van der Waals surface area contributed by atoms with Crippen molar-refractivity contribution in [3.05, 3.63) is 35.4 Å². The van der Waals surface area contributed by atoms with Crippen LogP contribution in [0, 0.1) is 5.41 Å². The maximum atomic E-state index is 11.6. The van der Waals surface area contributed by atoms with E-state index in [-0.39, 0.29) is 5.91 Å². The lowest BCUT2D eigenvalue weighted by Crippen LogP contribution is -2.55. The second kappa shape index (κ2) is 3.87. The van der Waals surface area contributed by atoms with Gasteiger partial charge in [0, 0.05) is 12.1 Å². The van der Waals surface area contributed by atoms with Crippen LogP contribution in [-0.2, 0) is 11.3 Å². The first kappa shape index (κ1) is 11.6. The quantitative estimate of drug-likeness (QED) is 0.827. The first-order valence-corrected chi connectivity index (χ1v) is 5.75. The van der Waals surface area contributed by atoms with E-state index in [1.807, 2.05) is 31.2 Å². The molecule has 1 amide bonds. The highest BCUT2D eigenvalue weighted by molar-refractivity contribution is 6.03. The van der Waals surface area contributed by atoms with Crippen molar-refractivity contribution in [1.29, 1.82) is 5.41 Å². The molecule has 17 heavy (non-hydrogen) atoms. The molecule has 2 rings (SSSR count). The van der Waals surface area contributed by atoms with Crippen LogP contribution >= 0.6 is 0 Å². The fourth-order valence-corrected chi connectivity index (χ4v) is 2.20. The molecule has 90 valence electrons. The third-order valence-corrected chi connectivity index (χ3v) is 3.69. The van der Waals surface area contributed by atoms with Crippen LogP contribution in [0.1, 0.15) is 31.4 Å². The van der Waals surface area contributed by atoms with Crippen LogP contribution in [0.4, 0.5) is 0 Å². The molecule has 4 heteroatoms. The van der Waals surface area contributed by atoms with Gasteiger partial charge in [0.2, 0.25) is 5.91 Å². The van der Waals surface area contributed by atoms with Gasteiger partial charge in [0.15, 0.2) is 0 Å². The van der Waals surface area contributed by atoms with Crippen molar-refractivity contribution in [1.82, 2.24) is 4.90 Å². The summed E-state index contributed by atoms with van der Waals surface area (Å²) in [5, 5.41) is 8.16. The Bertz CT molecular complexity index is 483. The largest absolute Gasteiger partial charge is 0.368 e. The van der Waals surface area contributed by atoms with Crippen molar-refractivity contribution in [3.8, 4) is 0 Å². The van der Waals surface area contributed by atoms with Crippen LogP contribution in [0.15, 0.2) is 24.3 Å². The van der Waals surface area contributed by atoms with Gasteiger partial charge in [-0.3, -0.25) is 10.2 Å². The van der Waals surface area contributed by atoms with Gasteiger partial charge in [0.1, 0.15) is 11.4 Å². The zero-order valence-corrected chi connectivity index (χ0v) is 10.2. The van der Waals surface area contributed by atoms with E-state index < -0.39 is 5.54 Å². The average molecular weight is 231 g/mol. The minimum Gasteiger partial charge on any atom is -0.368 e. The minimum atomic E-state index is -0.782. The number of nitrogens with one attached hydrogen (secondary N) is 1.